The number of carbonyl (C=O) groups is 2. The van der Waals surface area contributed by atoms with Crippen molar-refractivity contribution in [1.82, 2.24) is 20.7 Å². The molecule has 3 rings (SSSR count). The van der Waals surface area contributed by atoms with Gasteiger partial charge in [-0.05, 0) is 23.8 Å². The zero-order valence-corrected chi connectivity index (χ0v) is 20.8. The molecule has 3 N–H and O–H groups in total. The van der Waals surface area contributed by atoms with Gasteiger partial charge in [0.25, 0.3) is 6.43 Å². The fraction of sp³-hybridized carbons (Fsp3) is 0.292. The van der Waals surface area contributed by atoms with E-state index < -0.39 is 42.8 Å². The molecule has 0 aliphatic rings. The number of nitrogens with one attached hydrogen (secondary N) is 3. The van der Waals surface area contributed by atoms with Crippen LogP contribution >= 0.6 is 11.6 Å². The average Bonchev–Trinajstić information content (AvgIpc) is 3.34. The second kappa shape index (κ2) is 13.6. The Morgan fingerprint density at radius 2 is 1.89 bits per heavy atom. The van der Waals surface area contributed by atoms with Gasteiger partial charge in [-0.15, -0.1) is 0 Å². The maximum absolute atomic E-state index is 13.6. The summed E-state index contributed by atoms with van der Waals surface area (Å²) in [5.41, 5.74) is 1.03. The Balaban J connectivity index is 1.57. The van der Waals surface area contributed by atoms with Gasteiger partial charge in [-0.25, -0.2) is 27.2 Å². The molecular weight excluding hydrogens is 534 g/mol. The molecule has 2 aromatic carbocycles. The molecule has 3 amide bonds. The van der Waals surface area contributed by atoms with Crippen molar-refractivity contribution in [2.75, 3.05) is 32.1 Å². The molecule has 38 heavy (non-hydrogen) atoms. The molecule has 3 aromatic rings. The first-order valence-electron chi connectivity index (χ1n) is 11.2. The zero-order valence-electron chi connectivity index (χ0n) is 20.0. The highest BCUT2D eigenvalue weighted by atomic mass is 35.5. The maximum atomic E-state index is 13.6. The number of ether oxygens (including phenoxy) is 1. The highest BCUT2D eigenvalue weighted by Crippen LogP contribution is 2.22. The van der Waals surface area contributed by atoms with Crippen LogP contribution in [0.1, 0.15) is 5.56 Å². The van der Waals surface area contributed by atoms with E-state index in [1.807, 2.05) is 0 Å². The third kappa shape index (κ3) is 8.35. The van der Waals surface area contributed by atoms with Crippen molar-refractivity contribution in [3.63, 3.8) is 0 Å². The van der Waals surface area contributed by atoms with Crippen molar-refractivity contribution in [3.8, 4) is 11.3 Å². The quantitative estimate of drug-likeness (QED) is 0.290. The van der Waals surface area contributed by atoms with Crippen molar-refractivity contribution in [2.24, 2.45) is 0 Å². The van der Waals surface area contributed by atoms with Crippen LogP contribution in [0, 0.1) is 11.6 Å². The van der Waals surface area contributed by atoms with E-state index in [4.69, 9.17) is 20.9 Å². The number of likely N-dealkylation sites (N-methyl/N-ethyl adjacent to an activating group) is 1. The highest BCUT2D eigenvalue weighted by molar-refractivity contribution is 6.31. The number of carbonyl (C=O) groups excluding carboxylic acids is 2. The zero-order chi connectivity index (χ0) is 27.7. The molecule has 1 unspecified atom stereocenters. The lowest BCUT2D eigenvalue weighted by Crippen LogP contribution is -2.50. The van der Waals surface area contributed by atoms with Gasteiger partial charge in [-0.2, -0.15) is 0 Å². The van der Waals surface area contributed by atoms with Crippen molar-refractivity contribution >= 4 is 29.6 Å². The van der Waals surface area contributed by atoms with Crippen LogP contribution in [0.2, 0.25) is 5.02 Å². The van der Waals surface area contributed by atoms with E-state index in [-0.39, 0.29) is 36.3 Å². The first-order chi connectivity index (χ1) is 18.1. The Morgan fingerprint density at radius 1 is 1.13 bits per heavy atom. The summed E-state index contributed by atoms with van der Waals surface area (Å²) in [7, 11) is 1.38. The molecule has 0 aliphatic heterocycles. The second-order valence-corrected chi connectivity index (χ2v) is 8.37. The number of rotatable bonds is 11. The third-order valence-electron chi connectivity index (χ3n) is 5.27. The van der Waals surface area contributed by atoms with E-state index in [0.717, 1.165) is 4.90 Å². The fourth-order valence-electron chi connectivity index (χ4n) is 3.24. The number of hydrogen-bond donors (Lipinski definition) is 3. The summed E-state index contributed by atoms with van der Waals surface area (Å²) in [6.07, 6.45) is -3.60. The van der Waals surface area contributed by atoms with Crippen molar-refractivity contribution in [3.05, 3.63) is 70.8 Å². The molecule has 0 saturated carbocycles. The molecule has 0 fully saturated rings. The third-order valence-corrected chi connectivity index (χ3v) is 5.69. The van der Waals surface area contributed by atoms with Gasteiger partial charge in [-0.1, -0.05) is 41.0 Å². The molecule has 0 saturated heterocycles. The topological polar surface area (TPSA) is 109 Å². The van der Waals surface area contributed by atoms with Gasteiger partial charge >= 0.3 is 12.1 Å². The van der Waals surface area contributed by atoms with E-state index in [2.05, 4.69) is 21.1 Å². The minimum absolute atomic E-state index is 0.0836. The van der Waals surface area contributed by atoms with Gasteiger partial charge < -0.3 is 24.8 Å². The maximum Gasteiger partial charge on any atom is 0.414 e. The first kappa shape index (κ1) is 28.7. The number of benzene rings is 2. The minimum atomic E-state index is -2.63. The van der Waals surface area contributed by atoms with Crippen LogP contribution in [0.4, 0.5) is 33.0 Å². The molecule has 204 valence electrons. The van der Waals surface area contributed by atoms with Crippen molar-refractivity contribution in [1.29, 1.82) is 0 Å². The van der Waals surface area contributed by atoms with Gasteiger partial charge in [-0.3, -0.25) is 5.32 Å². The molecule has 0 spiro atoms. The molecule has 1 heterocycles. The van der Waals surface area contributed by atoms with Crippen LogP contribution in [0.25, 0.3) is 11.3 Å². The van der Waals surface area contributed by atoms with Crippen molar-refractivity contribution in [2.45, 2.75) is 19.0 Å². The molecule has 0 radical (unpaired) electrons. The van der Waals surface area contributed by atoms with Crippen LogP contribution in [0.5, 0.6) is 0 Å². The largest absolute Gasteiger partial charge is 0.447 e. The van der Waals surface area contributed by atoms with E-state index in [1.54, 1.807) is 6.07 Å². The number of hydrogen-bond acceptors (Lipinski definition) is 6. The molecule has 0 bridgehead atoms. The van der Waals surface area contributed by atoms with Gasteiger partial charge in [0, 0.05) is 31.8 Å². The summed E-state index contributed by atoms with van der Waals surface area (Å²) in [6.45, 7) is -1.25. The summed E-state index contributed by atoms with van der Waals surface area (Å²) < 4.78 is 62.4. The Morgan fingerprint density at radius 3 is 2.63 bits per heavy atom. The molecule has 14 heteroatoms. The number of amides is 3. The fourth-order valence-corrected chi connectivity index (χ4v) is 3.43. The van der Waals surface area contributed by atoms with Gasteiger partial charge in [0.1, 0.15) is 23.9 Å². The van der Waals surface area contributed by atoms with E-state index in [1.165, 1.54) is 49.5 Å². The summed E-state index contributed by atoms with van der Waals surface area (Å²) in [5, 5.41) is 11.0. The summed E-state index contributed by atoms with van der Waals surface area (Å²) >= 11 is 5.90. The number of aromatic nitrogens is 1. The average molecular weight is 558 g/mol. The molecule has 9 nitrogen and oxygen atoms in total. The number of halogens is 5. The summed E-state index contributed by atoms with van der Waals surface area (Å²) in [5.74, 6) is -1.20. The number of nitrogens with zero attached hydrogens (tertiary/aromatic N) is 2. The van der Waals surface area contributed by atoms with Crippen molar-refractivity contribution < 1.29 is 36.4 Å². The SMILES string of the molecule is CN(C(=O)NCc1cccc(F)c1Cl)C(CNCC(F)F)COC(=O)Nc1cc(-c2cccc(F)c2)no1. The van der Waals surface area contributed by atoms with Gasteiger partial charge in [0.2, 0.25) is 5.88 Å². The van der Waals surface area contributed by atoms with Crippen LogP contribution < -0.4 is 16.0 Å². The number of alkyl halides is 2. The summed E-state index contributed by atoms with van der Waals surface area (Å²) in [6, 6.07) is 9.58. The molecule has 0 aliphatic carbocycles. The smallest absolute Gasteiger partial charge is 0.414 e. The molecular formula is C24H24ClF4N5O4. The van der Waals surface area contributed by atoms with E-state index >= 15 is 0 Å². The molecule has 1 atom stereocenters. The second-order valence-electron chi connectivity index (χ2n) is 8.00. The number of urea groups is 1. The number of anilines is 1. The predicted octanol–water partition coefficient (Wildman–Crippen LogP) is 4.89. The van der Waals surface area contributed by atoms with Crippen LogP contribution in [-0.2, 0) is 11.3 Å². The lowest BCUT2D eigenvalue weighted by atomic mass is 10.1. The Bertz CT molecular complexity index is 1250. The highest BCUT2D eigenvalue weighted by Gasteiger charge is 2.23. The van der Waals surface area contributed by atoms with Crippen LogP contribution in [0.15, 0.2) is 53.1 Å². The van der Waals surface area contributed by atoms with E-state index in [9.17, 15) is 27.2 Å². The monoisotopic (exact) mass is 557 g/mol. The Hall–Kier alpha value is -3.84. The Labute approximate surface area is 220 Å². The van der Waals surface area contributed by atoms with E-state index in [0.29, 0.717) is 11.1 Å². The Kier molecular flexibility index (Phi) is 10.3. The standard InChI is InChI=1S/C24H24ClF4N5O4/c1-34(23(35)31-10-15-5-3-7-18(27)22(15)25)17(11-30-12-20(28)29)13-37-24(36)32-21-9-19(33-38-21)14-4-2-6-16(26)8-14/h2-9,17,20,30H,10-13H2,1H3,(H,31,35)(H,32,36). The normalized spacial score (nSPS) is 11.8. The van der Waals surface area contributed by atoms with Crippen LogP contribution in [0.3, 0.4) is 0 Å². The minimum Gasteiger partial charge on any atom is -0.447 e. The lowest BCUT2D eigenvalue weighted by molar-refractivity contribution is 0.109. The van der Waals surface area contributed by atoms with Crippen LogP contribution in [-0.4, -0.2) is 61.4 Å². The predicted molar refractivity (Wildman–Crippen MR) is 131 cm³/mol. The van der Waals surface area contributed by atoms with Gasteiger partial charge in [0.05, 0.1) is 17.6 Å². The first-order valence-corrected chi connectivity index (χ1v) is 11.6. The summed E-state index contributed by atoms with van der Waals surface area (Å²) in [4.78, 5) is 26.1. The van der Waals surface area contributed by atoms with Gasteiger partial charge in [0.15, 0.2) is 0 Å². The lowest BCUT2D eigenvalue weighted by Gasteiger charge is -2.28. The molecule has 1 aromatic heterocycles.